The molecule has 0 radical (unpaired) electrons. The molecule has 0 N–H and O–H groups in total. The number of piperidine rings is 1. The molecule has 3 nitrogen and oxygen atoms in total. The summed E-state index contributed by atoms with van der Waals surface area (Å²) in [5.74, 6) is 0.582. The summed E-state index contributed by atoms with van der Waals surface area (Å²) in [4.78, 5) is 14.5. The maximum absolute atomic E-state index is 12.7. The zero-order valence-electron chi connectivity index (χ0n) is 20.5. The van der Waals surface area contributed by atoms with E-state index in [1.165, 1.54) is 21.7 Å². The molecule has 1 amide bonds. The van der Waals surface area contributed by atoms with Gasteiger partial charge in [-0.2, -0.15) is 0 Å². The Kier molecular flexibility index (Phi) is 8.10. The van der Waals surface area contributed by atoms with Gasteiger partial charge in [0.25, 0.3) is 0 Å². The number of carbonyl (C=O) groups excluding carboxylic acids is 1. The second-order valence-corrected chi connectivity index (χ2v) is 11.5. The number of amides is 1. The average Bonchev–Trinajstić information content (AvgIpc) is 2.96. The van der Waals surface area contributed by atoms with Gasteiger partial charge < -0.3 is 9.64 Å². The van der Waals surface area contributed by atoms with Crippen molar-refractivity contribution < 1.29 is 9.53 Å². The van der Waals surface area contributed by atoms with Gasteiger partial charge >= 0.3 is 6.09 Å². The Morgan fingerprint density at radius 2 is 1.33 bits per heavy atom. The van der Waals surface area contributed by atoms with Gasteiger partial charge in [-0.25, -0.2) is 4.79 Å². The lowest BCUT2D eigenvalue weighted by Crippen LogP contribution is -2.39. The summed E-state index contributed by atoms with van der Waals surface area (Å²) >= 11 is 0. The first-order valence-electron chi connectivity index (χ1n) is 12.7. The fourth-order valence-corrected chi connectivity index (χ4v) is 7.75. The molecule has 1 atom stereocenters. The van der Waals surface area contributed by atoms with Crippen LogP contribution in [0, 0.1) is 5.92 Å². The molecule has 4 aromatic carbocycles. The molecule has 0 aromatic heterocycles. The summed E-state index contributed by atoms with van der Waals surface area (Å²) in [7, 11) is -0.519. The third kappa shape index (κ3) is 6.04. The normalized spacial score (nSPS) is 14.8. The van der Waals surface area contributed by atoms with Gasteiger partial charge in [0.1, 0.15) is 6.61 Å². The van der Waals surface area contributed by atoms with Crippen LogP contribution < -0.4 is 10.6 Å². The molecule has 36 heavy (non-hydrogen) atoms. The van der Waals surface area contributed by atoms with Crippen molar-refractivity contribution in [2.75, 3.05) is 19.3 Å². The van der Waals surface area contributed by atoms with E-state index in [1.54, 1.807) is 0 Å². The van der Waals surface area contributed by atoms with Crippen LogP contribution in [-0.4, -0.2) is 30.2 Å². The van der Waals surface area contributed by atoms with Crippen LogP contribution >= 0.6 is 7.92 Å². The van der Waals surface area contributed by atoms with E-state index in [2.05, 4.69) is 84.9 Å². The minimum atomic E-state index is -0.519. The van der Waals surface area contributed by atoms with Crippen LogP contribution in [-0.2, 0) is 11.3 Å². The molecule has 1 aliphatic heterocycles. The highest BCUT2D eigenvalue weighted by Crippen LogP contribution is 2.41. The quantitative estimate of drug-likeness (QED) is 0.264. The van der Waals surface area contributed by atoms with Crippen LogP contribution in [0.25, 0.3) is 11.1 Å². The van der Waals surface area contributed by atoms with Crippen LogP contribution in [0.1, 0.15) is 18.4 Å². The molecule has 0 bridgehead atoms. The number of hydrogen-bond donors (Lipinski definition) is 0. The minimum absolute atomic E-state index is 0.197. The minimum Gasteiger partial charge on any atom is -0.445 e. The molecule has 0 saturated carbocycles. The lowest BCUT2D eigenvalue weighted by molar-refractivity contribution is 0.0840. The molecular formula is C32H32NO2P. The Bertz CT molecular complexity index is 1240. The van der Waals surface area contributed by atoms with E-state index >= 15 is 0 Å². The standard InChI is InChI=1S/C32H32NO2P/c34-32(35-24-26-12-4-1-5-13-26)33-22-20-27(21-23-33)25-36(29-16-8-3-9-17-29)31-19-11-10-18-30(31)28-14-6-2-7-15-28/h1-19,27H,20-25H2. The Morgan fingerprint density at radius 1 is 0.750 bits per heavy atom. The highest BCUT2D eigenvalue weighted by atomic mass is 31.1. The summed E-state index contributed by atoms with van der Waals surface area (Å²) in [6.45, 7) is 1.85. The Labute approximate surface area is 215 Å². The third-order valence-corrected chi connectivity index (χ3v) is 9.64. The zero-order valence-corrected chi connectivity index (χ0v) is 21.4. The van der Waals surface area contributed by atoms with E-state index in [0.29, 0.717) is 12.5 Å². The highest BCUT2D eigenvalue weighted by Gasteiger charge is 2.28. The molecule has 1 fully saturated rings. The zero-order chi connectivity index (χ0) is 24.6. The molecule has 1 heterocycles. The van der Waals surface area contributed by atoms with Gasteiger partial charge in [0.15, 0.2) is 0 Å². The summed E-state index contributed by atoms with van der Waals surface area (Å²) in [6, 6.07) is 40.4. The lowest BCUT2D eigenvalue weighted by atomic mass is 9.99. The fraction of sp³-hybridized carbons (Fsp3) is 0.219. The van der Waals surface area contributed by atoms with E-state index in [0.717, 1.165) is 37.7 Å². The highest BCUT2D eigenvalue weighted by molar-refractivity contribution is 7.73. The maximum Gasteiger partial charge on any atom is 0.410 e. The largest absolute Gasteiger partial charge is 0.445 e. The number of carbonyl (C=O) groups is 1. The average molecular weight is 494 g/mol. The summed E-state index contributed by atoms with van der Waals surface area (Å²) in [5.41, 5.74) is 3.62. The van der Waals surface area contributed by atoms with Gasteiger partial charge in [-0.3, -0.25) is 0 Å². The topological polar surface area (TPSA) is 29.5 Å². The third-order valence-electron chi connectivity index (χ3n) is 6.87. The summed E-state index contributed by atoms with van der Waals surface area (Å²) in [6.07, 6.45) is 2.96. The fourth-order valence-electron chi connectivity index (χ4n) is 4.89. The first kappa shape index (κ1) is 24.3. The summed E-state index contributed by atoms with van der Waals surface area (Å²) < 4.78 is 5.58. The Balaban J connectivity index is 1.28. The van der Waals surface area contributed by atoms with Gasteiger partial charge in [0.2, 0.25) is 0 Å². The van der Waals surface area contributed by atoms with Crippen LogP contribution in [0.3, 0.4) is 0 Å². The van der Waals surface area contributed by atoms with Crippen molar-refractivity contribution >= 4 is 24.6 Å². The predicted octanol–water partition coefficient (Wildman–Crippen LogP) is 6.84. The monoisotopic (exact) mass is 493 g/mol. The second-order valence-electron chi connectivity index (χ2n) is 9.30. The summed E-state index contributed by atoms with van der Waals surface area (Å²) in [5, 5.41) is 2.86. The molecule has 1 unspecified atom stereocenters. The lowest BCUT2D eigenvalue weighted by Gasteiger charge is -2.34. The molecule has 4 aromatic rings. The van der Waals surface area contributed by atoms with Gasteiger partial charge in [0.05, 0.1) is 0 Å². The molecule has 1 saturated heterocycles. The van der Waals surface area contributed by atoms with Gasteiger partial charge in [-0.1, -0.05) is 115 Å². The number of hydrogen-bond acceptors (Lipinski definition) is 2. The van der Waals surface area contributed by atoms with Gasteiger partial charge in [-0.05, 0) is 60.1 Å². The SMILES string of the molecule is O=C(OCc1ccccc1)N1CCC(CP(c2ccccc2)c2ccccc2-c2ccccc2)CC1. The number of nitrogens with zero attached hydrogens (tertiary/aromatic N) is 1. The second kappa shape index (κ2) is 12.0. The van der Waals surface area contributed by atoms with Crippen molar-refractivity contribution in [3.63, 3.8) is 0 Å². The van der Waals surface area contributed by atoms with E-state index in [-0.39, 0.29) is 6.09 Å². The maximum atomic E-state index is 12.7. The molecular weight excluding hydrogens is 461 g/mol. The van der Waals surface area contributed by atoms with Crippen LogP contribution in [0.2, 0.25) is 0 Å². The molecule has 4 heteroatoms. The van der Waals surface area contributed by atoms with Crippen LogP contribution in [0.15, 0.2) is 115 Å². The van der Waals surface area contributed by atoms with Crippen LogP contribution in [0.5, 0.6) is 0 Å². The van der Waals surface area contributed by atoms with Crippen molar-refractivity contribution in [3.8, 4) is 11.1 Å². The molecule has 1 aliphatic rings. The Morgan fingerprint density at radius 3 is 2.03 bits per heavy atom. The molecule has 182 valence electrons. The smallest absolute Gasteiger partial charge is 0.410 e. The number of rotatable bonds is 7. The predicted molar refractivity (Wildman–Crippen MR) is 150 cm³/mol. The van der Waals surface area contributed by atoms with Crippen LogP contribution in [0.4, 0.5) is 4.79 Å². The van der Waals surface area contributed by atoms with Gasteiger partial charge in [-0.15, -0.1) is 0 Å². The van der Waals surface area contributed by atoms with E-state index < -0.39 is 7.92 Å². The van der Waals surface area contributed by atoms with E-state index in [1.807, 2.05) is 35.2 Å². The van der Waals surface area contributed by atoms with Crippen molar-refractivity contribution in [1.29, 1.82) is 0 Å². The van der Waals surface area contributed by atoms with Crippen molar-refractivity contribution in [1.82, 2.24) is 4.90 Å². The van der Waals surface area contributed by atoms with Crippen molar-refractivity contribution in [2.24, 2.45) is 5.92 Å². The number of benzene rings is 4. The molecule has 0 aliphatic carbocycles. The number of ether oxygens (including phenoxy) is 1. The van der Waals surface area contributed by atoms with Crippen molar-refractivity contribution in [3.05, 3.63) is 121 Å². The first-order valence-corrected chi connectivity index (χ1v) is 14.2. The molecule has 5 rings (SSSR count). The Hall–Kier alpha value is -3.42. The molecule has 0 spiro atoms. The van der Waals surface area contributed by atoms with E-state index in [9.17, 15) is 4.79 Å². The van der Waals surface area contributed by atoms with Crippen molar-refractivity contribution in [2.45, 2.75) is 19.4 Å². The van der Waals surface area contributed by atoms with Gasteiger partial charge in [0, 0.05) is 13.1 Å². The number of likely N-dealkylation sites (tertiary alicyclic amines) is 1. The van der Waals surface area contributed by atoms with E-state index in [4.69, 9.17) is 4.74 Å². The first-order chi connectivity index (χ1) is 17.8.